The van der Waals surface area contributed by atoms with Crippen molar-refractivity contribution in [2.75, 3.05) is 23.4 Å². The second-order valence-corrected chi connectivity index (χ2v) is 5.09. The third-order valence-corrected chi connectivity index (χ3v) is 3.35. The number of hydrogen-bond acceptors (Lipinski definition) is 6. The zero-order chi connectivity index (χ0) is 15.1. The molecule has 0 amide bonds. The molecular weight excluding hydrogens is 282 g/mol. The third-order valence-electron chi connectivity index (χ3n) is 2.80. The molecule has 2 rings (SSSR count). The molecule has 0 bridgehead atoms. The molecule has 0 fully saturated rings. The molecule has 0 saturated heterocycles. The summed E-state index contributed by atoms with van der Waals surface area (Å²) in [5.41, 5.74) is 1.77. The molecule has 1 aromatic carbocycles. The number of anilines is 2. The summed E-state index contributed by atoms with van der Waals surface area (Å²) in [4.78, 5) is 8.82. The maximum atomic E-state index is 8.78. The summed E-state index contributed by atoms with van der Waals surface area (Å²) < 4.78 is 0. The van der Waals surface area contributed by atoms with Crippen LogP contribution in [-0.2, 0) is 6.54 Å². The highest BCUT2D eigenvalue weighted by molar-refractivity contribution is 7.98. The second-order valence-electron chi connectivity index (χ2n) is 4.32. The highest BCUT2D eigenvalue weighted by Gasteiger charge is 2.03. The first kappa shape index (κ1) is 15.1. The summed E-state index contributed by atoms with van der Waals surface area (Å²) in [5.74, 6) is 1.61. The van der Waals surface area contributed by atoms with Gasteiger partial charge in [0.05, 0.1) is 11.6 Å². The van der Waals surface area contributed by atoms with Gasteiger partial charge in [0.25, 0.3) is 0 Å². The van der Waals surface area contributed by atoms with Crippen LogP contribution in [0.3, 0.4) is 0 Å². The van der Waals surface area contributed by atoms with Gasteiger partial charge in [-0.2, -0.15) is 5.26 Å². The Kier molecular flexibility index (Phi) is 5.41. The Balaban J connectivity index is 2.07. The zero-order valence-electron chi connectivity index (χ0n) is 12.1. The van der Waals surface area contributed by atoms with Gasteiger partial charge in [-0.1, -0.05) is 23.9 Å². The monoisotopic (exact) mass is 299 g/mol. The van der Waals surface area contributed by atoms with E-state index >= 15 is 0 Å². The van der Waals surface area contributed by atoms with E-state index in [9.17, 15) is 0 Å². The summed E-state index contributed by atoms with van der Waals surface area (Å²) in [6, 6.07) is 11.5. The summed E-state index contributed by atoms with van der Waals surface area (Å²) in [7, 11) is 0. The minimum atomic E-state index is 0.655. The van der Waals surface area contributed by atoms with Gasteiger partial charge in [-0.3, -0.25) is 0 Å². The largest absolute Gasteiger partial charge is 0.370 e. The van der Waals surface area contributed by atoms with Crippen molar-refractivity contribution >= 4 is 23.4 Å². The maximum Gasteiger partial charge on any atom is 0.191 e. The molecule has 2 aromatic rings. The molecule has 0 saturated carbocycles. The van der Waals surface area contributed by atoms with Crippen molar-refractivity contribution in [3.8, 4) is 6.07 Å². The first-order valence-corrected chi connectivity index (χ1v) is 7.87. The standard InChI is InChI=1S/C15H17N5S/c1-3-17-13-8-14(20-15(19-13)21-2)18-10-12-6-4-11(9-16)5-7-12/h4-8H,3,10H2,1-2H3,(H2,17,18,19,20). The van der Waals surface area contributed by atoms with Gasteiger partial charge in [0, 0.05) is 19.2 Å². The van der Waals surface area contributed by atoms with Crippen LogP contribution in [0.2, 0.25) is 0 Å². The highest BCUT2D eigenvalue weighted by Crippen LogP contribution is 2.18. The number of nitrogens with one attached hydrogen (secondary N) is 2. The number of aromatic nitrogens is 2. The van der Waals surface area contributed by atoms with Crippen molar-refractivity contribution in [1.29, 1.82) is 5.26 Å². The van der Waals surface area contributed by atoms with Crippen molar-refractivity contribution in [2.45, 2.75) is 18.6 Å². The van der Waals surface area contributed by atoms with E-state index in [1.165, 1.54) is 11.8 Å². The number of rotatable bonds is 6. The third kappa shape index (κ3) is 4.36. The smallest absolute Gasteiger partial charge is 0.191 e. The van der Waals surface area contributed by atoms with E-state index in [2.05, 4.69) is 26.7 Å². The average Bonchev–Trinajstić information content (AvgIpc) is 2.53. The summed E-state index contributed by atoms with van der Waals surface area (Å²) in [6.07, 6.45) is 1.95. The molecule has 0 spiro atoms. The fourth-order valence-corrected chi connectivity index (χ4v) is 2.15. The van der Waals surface area contributed by atoms with Gasteiger partial charge in [0.1, 0.15) is 11.6 Å². The van der Waals surface area contributed by atoms with E-state index in [4.69, 9.17) is 5.26 Å². The van der Waals surface area contributed by atoms with Crippen molar-refractivity contribution in [3.05, 3.63) is 41.5 Å². The molecule has 1 heterocycles. The van der Waals surface area contributed by atoms with Crippen LogP contribution >= 0.6 is 11.8 Å². The molecule has 108 valence electrons. The van der Waals surface area contributed by atoms with Crippen molar-refractivity contribution < 1.29 is 0 Å². The molecule has 21 heavy (non-hydrogen) atoms. The molecule has 6 heteroatoms. The van der Waals surface area contributed by atoms with Crippen LogP contribution in [0.1, 0.15) is 18.1 Å². The first-order chi connectivity index (χ1) is 10.2. The number of hydrogen-bond donors (Lipinski definition) is 2. The van der Waals surface area contributed by atoms with Gasteiger partial charge in [-0.15, -0.1) is 0 Å². The number of thioether (sulfide) groups is 1. The van der Waals surface area contributed by atoms with E-state index in [1.54, 1.807) is 0 Å². The fraction of sp³-hybridized carbons (Fsp3) is 0.267. The maximum absolute atomic E-state index is 8.78. The number of nitriles is 1. The Labute approximate surface area is 128 Å². The molecule has 0 atom stereocenters. The molecule has 0 radical (unpaired) electrons. The van der Waals surface area contributed by atoms with Gasteiger partial charge in [-0.05, 0) is 30.9 Å². The van der Waals surface area contributed by atoms with Crippen molar-refractivity contribution in [3.63, 3.8) is 0 Å². The van der Waals surface area contributed by atoms with Gasteiger partial charge >= 0.3 is 0 Å². The van der Waals surface area contributed by atoms with E-state index in [-0.39, 0.29) is 0 Å². The van der Waals surface area contributed by atoms with E-state index < -0.39 is 0 Å². The lowest BCUT2D eigenvalue weighted by molar-refractivity contribution is 0.950. The Morgan fingerprint density at radius 3 is 2.38 bits per heavy atom. The molecule has 0 aliphatic rings. The normalized spacial score (nSPS) is 9.95. The van der Waals surface area contributed by atoms with Gasteiger partial charge in [0.2, 0.25) is 0 Å². The van der Waals surface area contributed by atoms with E-state index in [0.717, 1.165) is 28.9 Å². The van der Waals surface area contributed by atoms with Crippen LogP contribution < -0.4 is 10.6 Å². The summed E-state index contributed by atoms with van der Waals surface area (Å²) in [5, 5.41) is 16.0. The Hall–Kier alpha value is -2.26. The van der Waals surface area contributed by atoms with Gasteiger partial charge < -0.3 is 10.6 Å². The molecule has 0 unspecified atom stereocenters. The molecule has 0 aliphatic carbocycles. The number of benzene rings is 1. The lowest BCUT2D eigenvalue weighted by Gasteiger charge is -2.10. The first-order valence-electron chi connectivity index (χ1n) is 6.65. The van der Waals surface area contributed by atoms with Gasteiger partial charge in [-0.25, -0.2) is 9.97 Å². The minimum absolute atomic E-state index is 0.655. The number of nitrogens with zero attached hydrogens (tertiary/aromatic N) is 3. The van der Waals surface area contributed by atoms with Crippen molar-refractivity contribution in [2.24, 2.45) is 0 Å². The van der Waals surface area contributed by atoms with Crippen molar-refractivity contribution in [1.82, 2.24) is 9.97 Å². The topological polar surface area (TPSA) is 73.6 Å². The lowest BCUT2D eigenvalue weighted by atomic mass is 10.1. The van der Waals surface area contributed by atoms with Crippen LogP contribution in [0.15, 0.2) is 35.5 Å². The quantitative estimate of drug-likeness (QED) is 0.630. The average molecular weight is 299 g/mol. The molecule has 0 aliphatic heterocycles. The Morgan fingerprint density at radius 1 is 1.14 bits per heavy atom. The minimum Gasteiger partial charge on any atom is -0.370 e. The highest BCUT2D eigenvalue weighted by atomic mass is 32.2. The molecule has 2 N–H and O–H groups in total. The van der Waals surface area contributed by atoms with Gasteiger partial charge in [0.15, 0.2) is 5.16 Å². The van der Waals surface area contributed by atoms with Crippen LogP contribution in [0.5, 0.6) is 0 Å². The zero-order valence-corrected chi connectivity index (χ0v) is 12.9. The van der Waals surface area contributed by atoms with Crippen LogP contribution in [-0.4, -0.2) is 22.8 Å². The Morgan fingerprint density at radius 2 is 1.81 bits per heavy atom. The van der Waals surface area contributed by atoms with E-state index in [0.29, 0.717) is 12.1 Å². The van der Waals surface area contributed by atoms with Crippen LogP contribution in [0.4, 0.5) is 11.6 Å². The predicted molar refractivity (Wildman–Crippen MR) is 86.5 cm³/mol. The summed E-state index contributed by atoms with van der Waals surface area (Å²) in [6.45, 7) is 3.51. The second kappa shape index (κ2) is 7.50. The fourth-order valence-electron chi connectivity index (χ4n) is 1.77. The Bertz CT molecular complexity index is 634. The lowest BCUT2D eigenvalue weighted by Crippen LogP contribution is -2.06. The molecule has 5 nitrogen and oxygen atoms in total. The molecular formula is C15H17N5S. The predicted octanol–water partition coefficient (Wildman–Crippen LogP) is 3.11. The summed E-state index contributed by atoms with van der Waals surface area (Å²) >= 11 is 1.51. The van der Waals surface area contributed by atoms with Crippen LogP contribution in [0, 0.1) is 11.3 Å². The van der Waals surface area contributed by atoms with E-state index in [1.807, 2.05) is 43.5 Å². The van der Waals surface area contributed by atoms with Crippen LogP contribution in [0.25, 0.3) is 0 Å². The molecule has 1 aromatic heterocycles. The SMILES string of the molecule is CCNc1cc(NCc2ccc(C#N)cc2)nc(SC)n1.